The van der Waals surface area contributed by atoms with E-state index in [0.29, 0.717) is 0 Å². The van der Waals surface area contributed by atoms with Crippen molar-refractivity contribution in [2.75, 3.05) is 11.9 Å². The Bertz CT molecular complexity index is 299. The van der Waals surface area contributed by atoms with Crippen LogP contribution in [0.1, 0.15) is 38.2 Å². The van der Waals surface area contributed by atoms with E-state index in [2.05, 4.69) is 37.4 Å². The average Bonchev–Trinajstić information content (AvgIpc) is 2.28. The first kappa shape index (κ1) is 13.0. The molecule has 0 saturated heterocycles. The molecule has 0 aliphatic heterocycles. The van der Waals surface area contributed by atoms with E-state index >= 15 is 0 Å². The van der Waals surface area contributed by atoms with Gasteiger partial charge in [0.1, 0.15) is 0 Å². The first-order valence-electron chi connectivity index (χ1n) is 6.20. The van der Waals surface area contributed by atoms with Gasteiger partial charge in [0, 0.05) is 11.7 Å². The van der Waals surface area contributed by atoms with Gasteiger partial charge in [0.05, 0.1) is 6.61 Å². The van der Waals surface area contributed by atoms with Crippen molar-refractivity contribution in [3.05, 3.63) is 29.8 Å². The lowest BCUT2D eigenvalue weighted by Crippen LogP contribution is -2.23. The van der Waals surface area contributed by atoms with Crippen LogP contribution in [0.4, 0.5) is 5.69 Å². The number of hydrogen-bond donors (Lipinski definition) is 2. The van der Waals surface area contributed by atoms with Crippen molar-refractivity contribution in [2.45, 2.75) is 45.6 Å². The van der Waals surface area contributed by atoms with Crippen LogP contribution in [-0.4, -0.2) is 17.8 Å². The van der Waals surface area contributed by atoms with Crippen LogP contribution >= 0.6 is 0 Å². The Balaban J connectivity index is 2.43. The third-order valence-corrected chi connectivity index (χ3v) is 2.77. The fourth-order valence-corrected chi connectivity index (χ4v) is 1.82. The van der Waals surface area contributed by atoms with Crippen molar-refractivity contribution in [2.24, 2.45) is 0 Å². The number of anilines is 1. The summed E-state index contributed by atoms with van der Waals surface area (Å²) in [6.45, 7) is 4.48. The van der Waals surface area contributed by atoms with Gasteiger partial charge in [-0.25, -0.2) is 0 Å². The number of aliphatic hydroxyl groups is 1. The maximum Gasteiger partial charge on any atom is 0.0632 e. The lowest BCUT2D eigenvalue weighted by Gasteiger charge is -2.17. The van der Waals surface area contributed by atoms with Crippen LogP contribution in [0.3, 0.4) is 0 Å². The van der Waals surface area contributed by atoms with Crippen LogP contribution in [0.25, 0.3) is 0 Å². The van der Waals surface area contributed by atoms with Gasteiger partial charge in [-0.1, -0.05) is 38.3 Å². The van der Waals surface area contributed by atoms with E-state index in [9.17, 15) is 5.11 Å². The molecule has 0 fully saturated rings. The Kier molecular flexibility index (Phi) is 5.94. The molecule has 0 radical (unpaired) electrons. The number of hydrogen-bond acceptors (Lipinski definition) is 2. The lowest BCUT2D eigenvalue weighted by atomic mass is 10.1. The van der Waals surface area contributed by atoms with Gasteiger partial charge in [-0.3, -0.25) is 0 Å². The molecule has 2 N–H and O–H groups in total. The number of rotatable bonds is 7. The molecule has 1 aromatic rings. The highest BCUT2D eigenvalue weighted by Crippen LogP contribution is 2.13. The third kappa shape index (κ3) is 4.67. The molecule has 1 atom stereocenters. The van der Waals surface area contributed by atoms with E-state index in [1.165, 1.54) is 24.8 Å². The average molecular weight is 221 g/mol. The molecule has 0 heterocycles. The summed E-state index contributed by atoms with van der Waals surface area (Å²) < 4.78 is 0. The molecule has 0 aliphatic rings. The van der Waals surface area contributed by atoms with E-state index in [0.717, 1.165) is 12.1 Å². The second-order valence-corrected chi connectivity index (χ2v) is 4.39. The molecule has 16 heavy (non-hydrogen) atoms. The summed E-state index contributed by atoms with van der Waals surface area (Å²) in [6.07, 6.45) is 4.69. The molecular weight excluding hydrogens is 198 g/mol. The van der Waals surface area contributed by atoms with Crippen molar-refractivity contribution < 1.29 is 5.11 Å². The highest BCUT2D eigenvalue weighted by atomic mass is 16.3. The fourth-order valence-electron chi connectivity index (χ4n) is 1.82. The summed E-state index contributed by atoms with van der Waals surface area (Å²) in [6, 6.07) is 8.47. The highest BCUT2D eigenvalue weighted by Gasteiger charge is 2.06. The van der Waals surface area contributed by atoms with Crippen LogP contribution < -0.4 is 5.32 Å². The van der Waals surface area contributed by atoms with Crippen LogP contribution in [-0.2, 0) is 0 Å². The number of aryl methyl sites for hydroxylation is 1. The van der Waals surface area contributed by atoms with E-state index in [-0.39, 0.29) is 12.6 Å². The minimum Gasteiger partial charge on any atom is -0.394 e. The molecule has 2 nitrogen and oxygen atoms in total. The molecule has 0 spiro atoms. The van der Waals surface area contributed by atoms with Gasteiger partial charge in [-0.05, 0) is 31.0 Å². The van der Waals surface area contributed by atoms with E-state index in [1.54, 1.807) is 0 Å². The standard InChI is InChI=1S/C14H23NO/c1-3-4-5-8-14(11-16)15-13-9-6-7-12(2)10-13/h6-7,9-10,14-16H,3-5,8,11H2,1-2H3. The Labute approximate surface area is 98.7 Å². The zero-order valence-corrected chi connectivity index (χ0v) is 10.4. The van der Waals surface area contributed by atoms with Gasteiger partial charge in [-0.2, -0.15) is 0 Å². The fraction of sp³-hybridized carbons (Fsp3) is 0.571. The van der Waals surface area contributed by atoms with Gasteiger partial charge >= 0.3 is 0 Å². The lowest BCUT2D eigenvalue weighted by molar-refractivity contribution is 0.266. The second kappa shape index (κ2) is 7.29. The number of unbranched alkanes of at least 4 members (excludes halogenated alkanes) is 2. The van der Waals surface area contributed by atoms with Gasteiger partial charge in [0.15, 0.2) is 0 Å². The smallest absolute Gasteiger partial charge is 0.0632 e. The Morgan fingerprint density at radius 3 is 2.75 bits per heavy atom. The number of nitrogens with one attached hydrogen (secondary N) is 1. The topological polar surface area (TPSA) is 32.3 Å². The molecule has 1 unspecified atom stereocenters. The molecule has 0 bridgehead atoms. The SMILES string of the molecule is CCCCCC(CO)Nc1cccc(C)c1. The summed E-state index contributed by atoms with van der Waals surface area (Å²) in [5.41, 5.74) is 2.35. The van der Waals surface area contributed by atoms with Crippen LogP contribution in [0.5, 0.6) is 0 Å². The third-order valence-electron chi connectivity index (χ3n) is 2.77. The van der Waals surface area contributed by atoms with Crippen molar-refractivity contribution in [3.63, 3.8) is 0 Å². The van der Waals surface area contributed by atoms with Gasteiger partial charge < -0.3 is 10.4 Å². The quantitative estimate of drug-likeness (QED) is 0.692. The second-order valence-electron chi connectivity index (χ2n) is 4.39. The molecule has 2 heteroatoms. The molecule has 0 aliphatic carbocycles. The predicted molar refractivity (Wildman–Crippen MR) is 69.8 cm³/mol. The molecular formula is C14H23NO. The van der Waals surface area contributed by atoms with Crippen molar-refractivity contribution in [3.8, 4) is 0 Å². The summed E-state index contributed by atoms with van der Waals surface area (Å²) in [4.78, 5) is 0. The first-order chi connectivity index (χ1) is 7.76. The number of aliphatic hydroxyl groups excluding tert-OH is 1. The summed E-state index contributed by atoms with van der Waals surface area (Å²) in [7, 11) is 0. The molecule has 0 saturated carbocycles. The normalized spacial score (nSPS) is 12.4. The summed E-state index contributed by atoms with van der Waals surface area (Å²) in [5.74, 6) is 0. The molecule has 1 aromatic carbocycles. The van der Waals surface area contributed by atoms with E-state index < -0.39 is 0 Å². The zero-order chi connectivity index (χ0) is 11.8. The zero-order valence-electron chi connectivity index (χ0n) is 10.4. The van der Waals surface area contributed by atoms with Crippen LogP contribution in [0.15, 0.2) is 24.3 Å². The highest BCUT2D eigenvalue weighted by molar-refractivity contribution is 5.46. The Morgan fingerprint density at radius 2 is 2.12 bits per heavy atom. The molecule has 90 valence electrons. The minimum atomic E-state index is 0.188. The van der Waals surface area contributed by atoms with Gasteiger partial charge in [-0.15, -0.1) is 0 Å². The minimum absolute atomic E-state index is 0.188. The number of benzene rings is 1. The van der Waals surface area contributed by atoms with Crippen LogP contribution in [0.2, 0.25) is 0 Å². The van der Waals surface area contributed by atoms with E-state index in [4.69, 9.17) is 0 Å². The maximum absolute atomic E-state index is 9.29. The Hall–Kier alpha value is -1.02. The first-order valence-corrected chi connectivity index (χ1v) is 6.20. The monoisotopic (exact) mass is 221 g/mol. The van der Waals surface area contributed by atoms with E-state index in [1.807, 2.05) is 6.07 Å². The molecule has 0 amide bonds. The maximum atomic E-state index is 9.29. The van der Waals surface area contributed by atoms with Crippen molar-refractivity contribution in [1.29, 1.82) is 0 Å². The van der Waals surface area contributed by atoms with Gasteiger partial charge in [0.2, 0.25) is 0 Å². The predicted octanol–water partition coefficient (Wildman–Crippen LogP) is 3.35. The van der Waals surface area contributed by atoms with Gasteiger partial charge in [0.25, 0.3) is 0 Å². The van der Waals surface area contributed by atoms with Crippen molar-refractivity contribution >= 4 is 5.69 Å². The summed E-state index contributed by atoms with van der Waals surface area (Å²) >= 11 is 0. The Morgan fingerprint density at radius 1 is 1.31 bits per heavy atom. The van der Waals surface area contributed by atoms with Crippen molar-refractivity contribution in [1.82, 2.24) is 0 Å². The van der Waals surface area contributed by atoms with Crippen LogP contribution in [0, 0.1) is 6.92 Å². The summed E-state index contributed by atoms with van der Waals surface area (Å²) in [5, 5.41) is 12.7. The molecule has 0 aromatic heterocycles. The largest absolute Gasteiger partial charge is 0.394 e. The molecule has 1 rings (SSSR count).